The number of hydrogen-bond donors (Lipinski definition) is 2. The molecular formula is C20H20FIN2O4. The molecule has 0 spiro atoms. The molecule has 2 aromatic rings. The van der Waals surface area contributed by atoms with Gasteiger partial charge in [-0.2, -0.15) is 0 Å². The summed E-state index contributed by atoms with van der Waals surface area (Å²) in [7, 11) is 0. The predicted molar refractivity (Wildman–Crippen MR) is 111 cm³/mol. The Morgan fingerprint density at radius 1 is 1.07 bits per heavy atom. The van der Waals surface area contributed by atoms with Gasteiger partial charge >= 0.3 is 5.97 Å². The third-order valence-corrected chi connectivity index (χ3v) is 4.76. The second-order valence-electron chi connectivity index (χ2n) is 6.31. The summed E-state index contributed by atoms with van der Waals surface area (Å²) < 4.78 is 19.6. The third-order valence-electron chi connectivity index (χ3n) is 3.82. The first kappa shape index (κ1) is 21.8. The molecule has 2 N–H and O–H groups in total. The van der Waals surface area contributed by atoms with E-state index in [1.165, 1.54) is 18.2 Å². The van der Waals surface area contributed by atoms with Gasteiger partial charge in [-0.15, -0.1) is 0 Å². The van der Waals surface area contributed by atoms with Gasteiger partial charge in [0.05, 0.1) is 11.3 Å². The number of amides is 2. The van der Waals surface area contributed by atoms with Crippen molar-refractivity contribution in [1.29, 1.82) is 0 Å². The number of anilines is 1. The average Bonchev–Trinajstić information content (AvgIpc) is 2.66. The molecular weight excluding hydrogens is 478 g/mol. The Morgan fingerprint density at radius 2 is 1.71 bits per heavy atom. The first-order valence-corrected chi connectivity index (χ1v) is 9.64. The summed E-state index contributed by atoms with van der Waals surface area (Å²) in [5.74, 6) is -3.00. The van der Waals surface area contributed by atoms with Crippen LogP contribution < -0.4 is 10.6 Å². The highest BCUT2D eigenvalue weighted by Crippen LogP contribution is 2.16. The zero-order valence-corrected chi connectivity index (χ0v) is 17.5. The number of ether oxygens (including phenoxy) is 1. The molecule has 0 saturated carbocycles. The molecule has 0 aliphatic carbocycles. The van der Waals surface area contributed by atoms with Crippen LogP contribution in [-0.4, -0.2) is 30.4 Å². The quantitative estimate of drug-likeness (QED) is 0.453. The number of carbonyl (C=O) groups is 3. The molecule has 28 heavy (non-hydrogen) atoms. The Morgan fingerprint density at radius 3 is 2.36 bits per heavy atom. The fourth-order valence-electron chi connectivity index (χ4n) is 2.34. The molecule has 2 aromatic carbocycles. The van der Waals surface area contributed by atoms with E-state index in [4.69, 9.17) is 4.74 Å². The van der Waals surface area contributed by atoms with E-state index < -0.39 is 36.2 Å². The zero-order chi connectivity index (χ0) is 20.7. The molecule has 6 nitrogen and oxygen atoms in total. The number of nitrogens with one attached hydrogen (secondary N) is 2. The van der Waals surface area contributed by atoms with Gasteiger partial charge in [0.1, 0.15) is 11.9 Å². The number of halogens is 2. The minimum atomic E-state index is -1.02. The molecule has 0 aliphatic heterocycles. The van der Waals surface area contributed by atoms with Crippen LogP contribution in [-0.2, 0) is 14.3 Å². The van der Waals surface area contributed by atoms with Crippen molar-refractivity contribution in [2.75, 3.05) is 11.9 Å². The van der Waals surface area contributed by atoms with Gasteiger partial charge in [-0.1, -0.05) is 38.1 Å². The van der Waals surface area contributed by atoms with Gasteiger partial charge in [0, 0.05) is 3.57 Å². The van der Waals surface area contributed by atoms with Crippen molar-refractivity contribution in [1.82, 2.24) is 5.32 Å². The normalized spacial score (nSPS) is 11.6. The number of hydrogen-bond acceptors (Lipinski definition) is 4. The summed E-state index contributed by atoms with van der Waals surface area (Å²) in [6.07, 6.45) is 0. The van der Waals surface area contributed by atoms with Crippen LogP contribution in [0.15, 0.2) is 48.5 Å². The molecule has 0 heterocycles. The van der Waals surface area contributed by atoms with Crippen molar-refractivity contribution < 1.29 is 23.5 Å². The third kappa shape index (κ3) is 6.01. The summed E-state index contributed by atoms with van der Waals surface area (Å²) in [6.45, 7) is 2.92. The minimum absolute atomic E-state index is 0.169. The highest BCUT2D eigenvalue weighted by atomic mass is 127. The molecule has 0 aliphatic rings. The molecule has 0 unspecified atom stereocenters. The van der Waals surface area contributed by atoms with E-state index >= 15 is 0 Å². The minimum Gasteiger partial charge on any atom is -0.454 e. The smallest absolute Gasteiger partial charge is 0.329 e. The average molecular weight is 498 g/mol. The van der Waals surface area contributed by atoms with Crippen LogP contribution in [0.25, 0.3) is 0 Å². The first-order valence-electron chi connectivity index (χ1n) is 8.56. The number of para-hydroxylation sites is 1. The van der Waals surface area contributed by atoms with Crippen molar-refractivity contribution in [3.63, 3.8) is 0 Å². The topological polar surface area (TPSA) is 84.5 Å². The van der Waals surface area contributed by atoms with Crippen LogP contribution in [0.2, 0.25) is 0 Å². The van der Waals surface area contributed by atoms with Crippen molar-refractivity contribution in [2.45, 2.75) is 19.9 Å². The van der Waals surface area contributed by atoms with Gasteiger partial charge in [-0.05, 0) is 52.8 Å². The molecule has 0 saturated heterocycles. The highest BCUT2D eigenvalue weighted by molar-refractivity contribution is 14.1. The maximum atomic E-state index is 13.8. The van der Waals surface area contributed by atoms with Crippen LogP contribution in [0.5, 0.6) is 0 Å². The van der Waals surface area contributed by atoms with Crippen molar-refractivity contribution in [2.24, 2.45) is 5.92 Å². The van der Waals surface area contributed by atoms with Crippen LogP contribution in [0.1, 0.15) is 24.2 Å². The summed E-state index contributed by atoms with van der Waals surface area (Å²) in [5, 5.41) is 5.12. The van der Waals surface area contributed by atoms with Gasteiger partial charge in [0.15, 0.2) is 6.61 Å². The lowest BCUT2D eigenvalue weighted by molar-refractivity contribution is -0.150. The van der Waals surface area contributed by atoms with Crippen molar-refractivity contribution >= 4 is 46.1 Å². The molecule has 0 radical (unpaired) electrons. The van der Waals surface area contributed by atoms with Gasteiger partial charge in [-0.3, -0.25) is 9.59 Å². The number of esters is 1. The van der Waals surface area contributed by atoms with E-state index in [0.29, 0.717) is 5.69 Å². The SMILES string of the molecule is CC(C)[C@H](NC(=O)c1ccccc1F)C(=O)OCC(=O)Nc1ccccc1I. The highest BCUT2D eigenvalue weighted by Gasteiger charge is 2.27. The van der Waals surface area contributed by atoms with E-state index in [-0.39, 0.29) is 11.5 Å². The standard InChI is InChI=1S/C20H20FIN2O4/c1-12(2)18(24-19(26)13-7-3-4-8-14(13)21)20(27)28-11-17(25)23-16-10-6-5-9-15(16)22/h3-10,12,18H,11H2,1-2H3,(H,23,25)(H,24,26)/t18-/m0/s1. The van der Waals surface area contributed by atoms with E-state index in [1.807, 2.05) is 12.1 Å². The van der Waals surface area contributed by atoms with E-state index in [1.54, 1.807) is 26.0 Å². The molecule has 0 fully saturated rings. The second-order valence-corrected chi connectivity index (χ2v) is 7.47. The summed E-state index contributed by atoms with van der Waals surface area (Å²) in [4.78, 5) is 36.6. The zero-order valence-electron chi connectivity index (χ0n) is 15.4. The molecule has 2 amide bonds. The van der Waals surface area contributed by atoms with Crippen LogP contribution in [0.3, 0.4) is 0 Å². The molecule has 8 heteroatoms. The Bertz CT molecular complexity index is 873. The van der Waals surface area contributed by atoms with Gasteiger partial charge in [0.25, 0.3) is 11.8 Å². The lowest BCUT2D eigenvalue weighted by atomic mass is 10.0. The molecule has 0 aromatic heterocycles. The Balaban J connectivity index is 1.95. The summed E-state index contributed by atoms with van der Waals surface area (Å²) >= 11 is 2.08. The van der Waals surface area contributed by atoms with Gasteiger partial charge < -0.3 is 15.4 Å². The van der Waals surface area contributed by atoms with Crippen molar-refractivity contribution in [3.8, 4) is 0 Å². The van der Waals surface area contributed by atoms with Gasteiger partial charge in [-0.25, -0.2) is 9.18 Å². The van der Waals surface area contributed by atoms with E-state index in [9.17, 15) is 18.8 Å². The summed E-state index contributed by atoms with van der Waals surface area (Å²) in [5.41, 5.74) is 0.440. The monoisotopic (exact) mass is 498 g/mol. The van der Waals surface area contributed by atoms with Crippen LogP contribution in [0, 0.1) is 15.3 Å². The molecule has 2 rings (SSSR count). The number of carbonyl (C=O) groups excluding carboxylic acids is 3. The maximum Gasteiger partial charge on any atom is 0.329 e. The lowest BCUT2D eigenvalue weighted by Gasteiger charge is -2.21. The second kappa shape index (κ2) is 10.2. The predicted octanol–water partition coefficient (Wildman–Crippen LogP) is 3.37. The Kier molecular flexibility index (Phi) is 7.91. The lowest BCUT2D eigenvalue weighted by Crippen LogP contribution is -2.46. The fraction of sp³-hybridized carbons (Fsp3) is 0.250. The van der Waals surface area contributed by atoms with Crippen LogP contribution >= 0.6 is 22.6 Å². The summed E-state index contributed by atoms with van der Waals surface area (Å²) in [6, 6.07) is 11.6. The number of rotatable bonds is 7. The van der Waals surface area contributed by atoms with Gasteiger partial charge in [0.2, 0.25) is 0 Å². The maximum absolute atomic E-state index is 13.8. The largest absolute Gasteiger partial charge is 0.454 e. The van der Waals surface area contributed by atoms with Crippen molar-refractivity contribution in [3.05, 3.63) is 63.5 Å². The Labute approximate surface area is 176 Å². The molecule has 0 bridgehead atoms. The van der Waals surface area contributed by atoms with E-state index in [0.717, 1.165) is 9.64 Å². The fourth-order valence-corrected chi connectivity index (χ4v) is 2.86. The molecule has 1 atom stereocenters. The van der Waals surface area contributed by atoms with Crippen LogP contribution in [0.4, 0.5) is 10.1 Å². The number of benzene rings is 2. The Hall–Kier alpha value is -2.49. The van der Waals surface area contributed by atoms with E-state index in [2.05, 4.69) is 33.2 Å². The first-order chi connectivity index (χ1) is 13.3. The molecule has 148 valence electrons.